The Hall–Kier alpha value is -1.85. The quantitative estimate of drug-likeness (QED) is 0.643. The van der Waals surface area contributed by atoms with Crippen molar-refractivity contribution in [2.24, 2.45) is 5.84 Å². The van der Waals surface area contributed by atoms with Crippen LogP contribution >= 0.6 is 0 Å². The zero-order valence-corrected chi connectivity index (χ0v) is 10.9. The maximum absolute atomic E-state index is 5.98. The van der Waals surface area contributed by atoms with Crippen molar-refractivity contribution in [2.45, 2.75) is 32.0 Å². The number of aromatic nitrogens is 2. The van der Waals surface area contributed by atoms with Crippen LogP contribution in [0.25, 0.3) is 0 Å². The third kappa shape index (κ3) is 2.22. The third-order valence-electron chi connectivity index (χ3n) is 3.56. The molecule has 2 aromatic rings. The van der Waals surface area contributed by atoms with Gasteiger partial charge in [0.15, 0.2) is 0 Å². The summed E-state index contributed by atoms with van der Waals surface area (Å²) in [6, 6.07) is 8.07. The number of benzene rings is 1. The van der Waals surface area contributed by atoms with Crippen molar-refractivity contribution >= 4 is 0 Å². The molecule has 0 bridgehead atoms. The molecular formula is C14H18N4O. The first kappa shape index (κ1) is 12.2. The van der Waals surface area contributed by atoms with Gasteiger partial charge in [-0.15, -0.1) is 0 Å². The largest absolute Gasteiger partial charge is 0.488 e. The van der Waals surface area contributed by atoms with E-state index in [2.05, 4.69) is 23.5 Å². The minimum Gasteiger partial charge on any atom is -0.488 e. The van der Waals surface area contributed by atoms with E-state index in [-0.39, 0.29) is 12.1 Å². The molecule has 0 aliphatic carbocycles. The summed E-state index contributed by atoms with van der Waals surface area (Å²) in [5, 5.41) is 4.29. The molecule has 0 radical (unpaired) electrons. The van der Waals surface area contributed by atoms with Gasteiger partial charge >= 0.3 is 0 Å². The molecule has 0 saturated carbocycles. The number of hydrazine groups is 1. The number of rotatable bonds is 4. The van der Waals surface area contributed by atoms with Gasteiger partial charge in [-0.3, -0.25) is 10.5 Å². The average Bonchev–Trinajstić information content (AvgIpc) is 3.05. The molecule has 3 rings (SSSR count). The molecule has 0 spiro atoms. The van der Waals surface area contributed by atoms with E-state index in [1.54, 1.807) is 0 Å². The summed E-state index contributed by atoms with van der Waals surface area (Å²) in [6.45, 7) is 2.91. The van der Waals surface area contributed by atoms with Crippen LogP contribution < -0.4 is 16.0 Å². The minimum atomic E-state index is -0.0484. The number of aryl methyl sites for hydroxylation is 1. The van der Waals surface area contributed by atoms with Gasteiger partial charge in [0.05, 0.1) is 12.2 Å². The molecule has 100 valence electrons. The molecule has 0 saturated heterocycles. The lowest BCUT2D eigenvalue weighted by molar-refractivity contribution is 0.179. The second kappa shape index (κ2) is 5.03. The van der Waals surface area contributed by atoms with E-state index in [4.69, 9.17) is 10.6 Å². The number of nitrogens with one attached hydrogen (secondary N) is 1. The number of para-hydroxylation sites is 1. The fraction of sp³-hybridized carbons (Fsp3) is 0.357. The lowest BCUT2D eigenvalue weighted by atomic mass is 10.0. The van der Waals surface area contributed by atoms with Crippen molar-refractivity contribution in [1.29, 1.82) is 0 Å². The van der Waals surface area contributed by atoms with Crippen LogP contribution in [0.2, 0.25) is 0 Å². The first-order valence-electron chi connectivity index (χ1n) is 6.55. The lowest BCUT2D eigenvalue weighted by Gasteiger charge is -2.21. The van der Waals surface area contributed by atoms with Gasteiger partial charge in [0.1, 0.15) is 11.9 Å². The fourth-order valence-corrected chi connectivity index (χ4v) is 2.53. The summed E-state index contributed by atoms with van der Waals surface area (Å²) in [4.78, 5) is 0. The summed E-state index contributed by atoms with van der Waals surface area (Å²) in [5.41, 5.74) is 5.14. The Balaban J connectivity index is 1.81. The molecule has 1 aliphatic heterocycles. The van der Waals surface area contributed by atoms with Crippen molar-refractivity contribution in [3.05, 3.63) is 47.8 Å². The zero-order chi connectivity index (χ0) is 13.2. The van der Waals surface area contributed by atoms with Crippen molar-refractivity contribution in [1.82, 2.24) is 15.2 Å². The zero-order valence-electron chi connectivity index (χ0n) is 10.9. The van der Waals surface area contributed by atoms with Crippen LogP contribution in [-0.4, -0.2) is 15.9 Å². The van der Waals surface area contributed by atoms with Crippen LogP contribution in [-0.2, 0) is 13.0 Å². The smallest absolute Gasteiger partial charge is 0.124 e. The molecule has 3 N–H and O–H groups in total. The maximum atomic E-state index is 5.98. The number of fused-ring (bicyclic) bond motifs is 1. The first-order valence-corrected chi connectivity index (χ1v) is 6.55. The van der Waals surface area contributed by atoms with Gasteiger partial charge in [0.25, 0.3) is 0 Å². The van der Waals surface area contributed by atoms with Crippen LogP contribution in [0.15, 0.2) is 36.7 Å². The monoisotopic (exact) mass is 258 g/mol. The first-order chi connectivity index (χ1) is 9.31. The predicted molar refractivity (Wildman–Crippen MR) is 72.5 cm³/mol. The molecule has 1 aromatic heterocycles. The normalized spacial score (nSPS) is 18.9. The lowest BCUT2D eigenvalue weighted by Crippen LogP contribution is -2.38. The molecular weight excluding hydrogens is 240 g/mol. The molecule has 2 atom stereocenters. The van der Waals surface area contributed by atoms with Crippen LogP contribution in [0.1, 0.15) is 24.1 Å². The van der Waals surface area contributed by atoms with Gasteiger partial charge in [0.2, 0.25) is 0 Å². The maximum Gasteiger partial charge on any atom is 0.124 e. The second-order valence-corrected chi connectivity index (χ2v) is 4.74. The highest BCUT2D eigenvalue weighted by Gasteiger charge is 2.31. The van der Waals surface area contributed by atoms with E-state index < -0.39 is 0 Å². The van der Waals surface area contributed by atoms with Crippen molar-refractivity contribution in [3.8, 4) is 5.75 Å². The van der Waals surface area contributed by atoms with Gasteiger partial charge in [-0.25, -0.2) is 5.43 Å². The number of nitrogens with two attached hydrogens (primary N) is 1. The van der Waals surface area contributed by atoms with Gasteiger partial charge in [-0.1, -0.05) is 18.2 Å². The van der Waals surface area contributed by atoms with E-state index in [0.717, 1.165) is 24.3 Å². The predicted octanol–water partition coefficient (Wildman–Crippen LogP) is 1.41. The molecule has 2 heterocycles. The van der Waals surface area contributed by atoms with E-state index >= 15 is 0 Å². The number of ether oxygens (including phenoxy) is 1. The van der Waals surface area contributed by atoms with E-state index in [0.29, 0.717) is 0 Å². The molecule has 0 fully saturated rings. The van der Waals surface area contributed by atoms with Crippen molar-refractivity contribution < 1.29 is 4.74 Å². The highest BCUT2D eigenvalue weighted by Crippen LogP contribution is 2.33. The van der Waals surface area contributed by atoms with Crippen molar-refractivity contribution in [2.75, 3.05) is 0 Å². The fourth-order valence-electron chi connectivity index (χ4n) is 2.53. The molecule has 5 heteroatoms. The highest BCUT2D eigenvalue weighted by molar-refractivity contribution is 5.38. The average molecular weight is 258 g/mol. The number of hydrogen-bond donors (Lipinski definition) is 2. The Labute approximate surface area is 112 Å². The standard InChI is InChI=1S/C14H18N4O/c1-2-18-9-11(8-16-18)14(17-15)13-7-10-5-3-4-6-12(10)19-13/h3-6,8-9,13-14,17H,2,7,15H2,1H3. The van der Waals surface area contributed by atoms with Crippen LogP contribution in [0.4, 0.5) is 0 Å². The van der Waals surface area contributed by atoms with Crippen LogP contribution in [0.5, 0.6) is 5.75 Å². The third-order valence-corrected chi connectivity index (χ3v) is 3.56. The van der Waals surface area contributed by atoms with Crippen LogP contribution in [0, 0.1) is 0 Å². The van der Waals surface area contributed by atoms with Crippen molar-refractivity contribution in [3.63, 3.8) is 0 Å². The van der Waals surface area contributed by atoms with E-state index in [1.165, 1.54) is 5.56 Å². The summed E-state index contributed by atoms with van der Waals surface area (Å²) < 4.78 is 7.87. The second-order valence-electron chi connectivity index (χ2n) is 4.74. The summed E-state index contributed by atoms with van der Waals surface area (Å²) in [5.74, 6) is 6.66. The molecule has 19 heavy (non-hydrogen) atoms. The highest BCUT2D eigenvalue weighted by atomic mass is 16.5. The molecule has 1 aliphatic rings. The molecule has 2 unspecified atom stereocenters. The minimum absolute atomic E-state index is 0.0110. The summed E-state index contributed by atoms with van der Waals surface area (Å²) in [7, 11) is 0. The summed E-state index contributed by atoms with van der Waals surface area (Å²) in [6.07, 6.45) is 4.73. The van der Waals surface area contributed by atoms with E-state index in [9.17, 15) is 0 Å². The molecule has 5 nitrogen and oxygen atoms in total. The van der Waals surface area contributed by atoms with Gasteiger partial charge < -0.3 is 4.74 Å². The Morgan fingerprint density at radius 1 is 1.53 bits per heavy atom. The SMILES string of the molecule is CCn1cc(C(NN)C2Cc3ccccc3O2)cn1. The summed E-state index contributed by atoms with van der Waals surface area (Å²) >= 11 is 0. The Bertz CT molecular complexity index is 541. The Kier molecular flexibility index (Phi) is 3.23. The Morgan fingerprint density at radius 3 is 3.05 bits per heavy atom. The van der Waals surface area contributed by atoms with Crippen LogP contribution in [0.3, 0.4) is 0 Å². The number of hydrogen-bond acceptors (Lipinski definition) is 4. The van der Waals surface area contributed by atoms with Gasteiger partial charge in [0, 0.05) is 24.7 Å². The molecule has 1 aromatic carbocycles. The number of nitrogens with zero attached hydrogens (tertiary/aromatic N) is 2. The topological polar surface area (TPSA) is 65.1 Å². The van der Waals surface area contributed by atoms with Gasteiger partial charge in [-0.2, -0.15) is 5.10 Å². The van der Waals surface area contributed by atoms with Gasteiger partial charge in [-0.05, 0) is 18.6 Å². The van der Waals surface area contributed by atoms with E-state index in [1.807, 2.05) is 35.3 Å². The molecule has 0 amide bonds. The Morgan fingerprint density at radius 2 is 2.37 bits per heavy atom.